The maximum absolute atomic E-state index is 12.8. The SMILES string of the molecule is [2H]C([2H])([2H])NC(=O)c1nnc(NC(=O)C2CC23CC3)cc1Nc1nccnc1S(=O)(=O)C1CC1. The lowest BCUT2D eigenvalue weighted by molar-refractivity contribution is -0.117. The van der Waals surface area contributed by atoms with Crippen LogP contribution in [0.1, 0.15) is 46.7 Å². The molecule has 0 aromatic carbocycles. The highest BCUT2D eigenvalue weighted by Gasteiger charge is 2.65. The van der Waals surface area contributed by atoms with E-state index in [-0.39, 0.29) is 39.6 Å². The molecule has 0 bridgehead atoms. The summed E-state index contributed by atoms with van der Waals surface area (Å²) in [6.07, 6.45) is 6.39. The topological polar surface area (TPSA) is 156 Å². The Morgan fingerprint density at radius 2 is 1.97 bits per heavy atom. The van der Waals surface area contributed by atoms with E-state index in [9.17, 15) is 18.0 Å². The quantitative estimate of drug-likeness (QED) is 0.565. The van der Waals surface area contributed by atoms with E-state index < -0.39 is 33.7 Å². The molecular formula is C19H21N7O4S. The number of sulfone groups is 1. The van der Waals surface area contributed by atoms with Crippen molar-refractivity contribution in [3.05, 3.63) is 24.2 Å². The highest BCUT2D eigenvalue weighted by Crippen LogP contribution is 2.70. The summed E-state index contributed by atoms with van der Waals surface area (Å²) in [5.74, 6) is -1.51. The van der Waals surface area contributed by atoms with E-state index in [0.717, 1.165) is 19.3 Å². The Hall–Kier alpha value is -3.15. The van der Waals surface area contributed by atoms with Crippen molar-refractivity contribution in [2.45, 2.75) is 42.4 Å². The van der Waals surface area contributed by atoms with Gasteiger partial charge in [0.05, 0.1) is 10.9 Å². The maximum Gasteiger partial charge on any atom is 0.273 e. The number of aromatic nitrogens is 4. The molecule has 3 N–H and O–H groups in total. The van der Waals surface area contributed by atoms with Crippen molar-refractivity contribution >= 4 is 39.0 Å². The van der Waals surface area contributed by atoms with Gasteiger partial charge in [-0.05, 0) is 37.5 Å². The van der Waals surface area contributed by atoms with Crippen LogP contribution in [0.15, 0.2) is 23.5 Å². The van der Waals surface area contributed by atoms with Crippen LogP contribution in [0.3, 0.4) is 0 Å². The molecule has 3 aliphatic carbocycles. The second-order valence-corrected chi connectivity index (χ2v) is 10.3. The molecule has 162 valence electrons. The van der Waals surface area contributed by atoms with Gasteiger partial charge in [0.1, 0.15) is 0 Å². The molecule has 2 aromatic rings. The van der Waals surface area contributed by atoms with Crippen molar-refractivity contribution in [3.8, 4) is 0 Å². The molecule has 2 amide bonds. The summed E-state index contributed by atoms with van der Waals surface area (Å²) in [4.78, 5) is 33.1. The summed E-state index contributed by atoms with van der Waals surface area (Å²) in [6, 6.07) is 1.28. The molecular weight excluding hydrogens is 422 g/mol. The predicted molar refractivity (Wildman–Crippen MR) is 109 cm³/mol. The Kier molecular flexibility index (Phi) is 3.70. The maximum atomic E-state index is 12.8. The highest BCUT2D eigenvalue weighted by atomic mass is 32.2. The molecule has 0 radical (unpaired) electrons. The number of nitrogens with one attached hydrogen (secondary N) is 3. The van der Waals surface area contributed by atoms with Crippen LogP contribution in [0.5, 0.6) is 0 Å². The number of amides is 2. The van der Waals surface area contributed by atoms with Crippen LogP contribution in [-0.2, 0) is 14.6 Å². The summed E-state index contributed by atoms with van der Waals surface area (Å²) in [6.45, 7) is -2.79. The number of carbonyl (C=O) groups excluding carboxylic acids is 2. The van der Waals surface area contributed by atoms with E-state index >= 15 is 0 Å². The van der Waals surface area contributed by atoms with Gasteiger partial charge in [0.25, 0.3) is 5.91 Å². The Morgan fingerprint density at radius 3 is 2.65 bits per heavy atom. The smallest absolute Gasteiger partial charge is 0.273 e. The van der Waals surface area contributed by atoms with Gasteiger partial charge >= 0.3 is 0 Å². The largest absolute Gasteiger partial charge is 0.354 e. The molecule has 31 heavy (non-hydrogen) atoms. The molecule has 0 aliphatic heterocycles. The number of hydrogen-bond acceptors (Lipinski definition) is 9. The second kappa shape index (κ2) is 6.94. The van der Waals surface area contributed by atoms with Gasteiger partial charge in [-0.3, -0.25) is 9.59 Å². The first-order valence-electron chi connectivity index (χ1n) is 11.3. The zero-order valence-electron chi connectivity index (χ0n) is 19.3. The minimum atomic E-state index is -3.75. The normalized spacial score (nSPS) is 22.6. The first-order chi connectivity index (χ1) is 16.0. The lowest BCUT2D eigenvalue weighted by Crippen LogP contribution is -2.23. The molecule has 11 nitrogen and oxygen atoms in total. The molecule has 2 heterocycles. The predicted octanol–water partition coefficient (Wildman–Crippen LogP) is 1.04. The average Bonchev–Trinajstić information content (AvgIpc) is 3.64. The summed E-state index contributed by atoms with van der Waals surface area (Å²) < 4.78 is 47.4. The fourth-order valence-electron chi connectivity index (χ4n) is 3.70. The number of hydrogen-bond donors (Lipinski definition) is 3. The fraction of sp³-hybridized carbons (Fsp3) is 0.474. The molecule has 3 aliphatic rings. The number of carbonyl (C=O) groups is 2. The summed E-state index contributed by atoms with van der Waals surface area (Å²) in [7, 11) is -3.75. The van der Waals surface area contributed by atoms with Gasteiger partial charge in [0, 0.05) is 35.5 Å². The number of anilines is 3. The van der Waals surface area contributed by atoms with Gasteiger partial charge in [0.2, 0.25) is 15.7 Å². The average molecular weight is 447 g/mol. The lowest BCUT2D eigenvalue weighted by atomic mass is 10.2. The van der Waals surface area contributed by atoms with E-state index in [1.807, 2.05) is 5.32 Å². The molecule has 3 fully saturated rings. The number of nitrogens with zero attached hydrogens (tertiary/aromatic N) is 4. The van der Waals surface area contributed by atoms with Crippen molar-refractivity contribution in [3.63, 3.8) is 0 Å². The fourth-order valence-corrected chi connectivity index (χ4v) is 5.36. The minimum Gasteiger partial charge on any atom is -0.354 e. The molecule has 1 unspecified atom stereocenters. The van der Waals surface area contributed by atoms with E-state index in [0.29, 0.717) is 12.8 Å². The van der Waals surface area contributed by atoms with Crippen LogP contribution < -0.4 is 16.0 Å². The third-order valence-electron chi connectivity index (χ3n) is 5.92. The Labute approximate surface area is 182 Å². The molecule has 0 saturated heterocycles. The van der Waals surface area contributed by atoms with Gasteiger partial charge in [0.15, 0.2) is 22.4 Å². The van der Waals surface area contributed by atoms with Crippen LogP contribution in [0.2, 0.25) is 0 Å². The Balaban J connectivity index is 1.47. The molecule has 12 heteroatoms. The first kappa shape index (κ1) is 16.5. The first-order valence-corrected chi connectivity index (χ1v) is 11.4. The van der Waals surface area contributed by atoms with E-state index in [2.05, 4.69) is 30.8 Å². The van der Waals surface area contributed by atoms with Gasteiger partial charge < -0.3 is 16.0 Å². The van der Waals surface area contributed by atoms with E-state index in [4.69, 9.17) is 4.11 Å². The minimum absolute atomic E-state index is 0.0242. The van der Waals surface area contributed by atoms with Gasteiger partial charge in [-0.1, -0.05) is 0 Å². The van der Waals surface area contributed by atoms with Crippen molar-refractivity contribution < 1.29 is 22.1 Å². The molecule has 1 spiro atoms. The van der Waals surface area contributed by atoms with Crippen LogP contribution in [0, 0.1) is 11.3 Å². The third-order valence-corrected chi connectivity index (χ3v) is 8.11. The summed E-state index contributed by atoms with van der Waals surface area (Å²) in [5.41, 5.74) is -0.388. The van der Waals surface area contributed by atoms with Gasteiger partial charge in [-0.2, -0.15) is 0 Å². The summed E-state index contributed by atoms with van der Waals surface area (Å²) in [5, 5.41) is 14.0. The molecule has 3 saturated carbocycles. The third kappa shape index (κ3) is 3.60. The van der Waals surface area contributed by atoms with Crippen molar-refractivity contribution in [2.24, 2.45) is 11.3 Å². The van der Waals surface area contributed by atoms with Crippen molar-refractivity contribution in [1.82, 2.24) is 25.5 Å². The monoisotopic (exact) mass is 446 g/mol. The van der Waals surface area contributed by atoms with Crippen LogP contribution in [0.25, 0.3) is 0 Å². The van der Waals surface area contributed by atoms with Gasteiger partial charge in [-0.15, -0.1) is 10.2 Å². The van der Waals surface area contributed by atoms with Crippen LogP contribution >= 0.6 is 0 Å². The standard InChI is InChI=1S/C19H21N7O4S/c1-20-17(28)14-12(8-13(25-26-14)24-16(27)11-9-19(11)4-5-19)23-15-18(22-7-6-21-15)31(29,30)10-2-3-10/h6-8,10-11H,2-5,9H2,1H3,(H,20,28)(H2,21,23,24,25,27)/i1D3. The van der Waals surface area contributed by atoms with Crippen LogP contribution in [-0.4, -0.2) is 52.6 Å². The van der Waals surface area contributed by atoms with Crippen molar-refractivity contribution in [2.75, 3.05) is 17.6 Å². The highest BCUT2D eigenvalue weighted by molar-refractivity contribution is 7.92. The lowest BCUT2D eigenvalue weighted by Gasteiger charge is -2.13. The van der Waals surface area contributed by atoms with Crippen molar-refractivity contribution in [1.29, 1.82) is 0 Å². The Bertz CT molecular complexity index is 1290. The van der Waals surface area contributed by atoms with E-state index in [1.54, 1.807) is 0 Å². The molecule has 1 atom stereocenters. The van der Waals surface area contributed by atoms with Gasteiger partial charge in [-0.25, -0.2) is 18.4 Å². The van der Waals surface area contributed by atoms with E-state index in [1.165, 1.54) is 18.5 Å². The second-order valence-electron chi connectivity index (χ2n) is 8.13. The Morgan fingerprint density at radius 1 is 1.19 bits per heavy atom. The zero-order valence-corrected chi connectivity index (χ0v) is 17.1. The number of rotatable bonds is 7. The van der Waals surface area contributed by atoms with Crippen LogP contribution in [0.4, 0.5) is 17.3 Å². The summed E-state index contributed by atoms with van der Waals surface area (Å²) >= 11 is 0. The molecule has 2 aromatic heterocycles. The molecule has 5 rings (SSSR count). The zero-order chi connectivity index (χ0) is 24.3.